The molecular formula is C11H13Br2F3N2. The van der Waals surface area contributed by atoms with Gasteiger partial charge in [-0.25, -0.2) is 0 Å². The van der Waals surface area contributed by atoms with Gasteiger partial charge in [0.05, 0.1) is 0 Å². The Morgan fingerprint density at radius 1 is 1.17 bits per heavy atom. The van der Waals surface area contributed by atoms with Crippen molar-refractivity contribution in [2.75, 3.05) is 0 Å². The van der Waals surface area contributed by atoms with Gasteiger partial charge in [-0.2, -0.15) is 13.2 Å². The molecule has 18 heavy (non-hydrogen) atoms. The van der Waals surface area contributed by atoms with Crippen molar-refractivity contribution in [2.45, 2.75) is 31.5 Å². The first kappa shape index (κ1) is 15.9. The van der Waals surface area contributed by atoms with Crippen molar-refractivity contribution in [3.63, 3.8) is 0 Å². The molecule has 0 bridgehead atoms. The topological polar surface area (TPSA) is 38.0 Å². The zero-order valence-corrected chi connectivity index (χ0v) is 12.6. The van der Waals surface area contributed by atoms with Gasteiger partial charge in [0.15, 0.2) is 0 Å². The lowest BCUT2D eigenvalue weighted by molar-refractivity contribution is -0.135. The summed E-state index contributed by atoms with van der Waals surface area (Å²) in [6.07, 6.45) is -4.53. The molecule has 0 saturated carbocycles. The Labute approximate surface area is 120 Å². The third-order valence-electron chi connectivity index (χ3n) is 2.44. The summed E-state index contributed by atoms with van der Waals surface area (Å²) in [5.41, 5.74) is 3.40. The molecule has 0 radical (unpaired) electrons. The van der Waals surface area contributed by atoms with E-state index >= 15 is 0 Å². The van der Waals surface area contributed by atoms with Gasteiger partial charge in [-0.15, -0.1) is 0 Å². The minimum absolute atomic E-state index is 0.0441. The summed E-state index contributed by atoms with van der Waals surface area (Å²) in [6.45, 7) is 0. The maximum Gasteiger partial charge on any atom is 0.389 e. The van der Waals surface area contributed by atoms with E-state index in [0.717, 1.165) is 14.5 Å². The van der Waals surface area contributed by atoms with Crippen LogP contribution < -0.4 is 11.3 Å². The molecule has 1 rings (SSSR count). The first-order valence-electron chi connectivity index (χ1n) is 5.30. The molecule has 0 spiro atoms. The Morgan fingerprint density at radius 2 is 1.72 bits per heavy atom. The minimum Gasteiger partial charge on any atom is -0.271 e. The number of alkyl halides is 3. The van der Waals surface area contributed by atoms with Gasteiger partial charge in [0.1, 0.15) is 0 Å². The van der Waals surface area contributed by atoms with Crippen molar-refractivity contribution in [3.05, 3.63) is 32.7 Å². The van der Waals surface area contributed by atoms with Crippen molar-refractivity contribution >= 4 is 31.9 Å². The van der Waals surface area contributed by atoms with Gasteiger partial charge >= 0.3 is 6.18 Å². The standard InChI is InChI=1S/C11H13Br2F3N2/c12-8-4-7(5-9(13)6-8)10(18-17)2-1-3-11(14,15)16/h4-6,10,18H,1-3,17H2. The van der Waals surface area contributed by atoms with E-state index < -0.39 is 12.6 Å². The molecule has 1 aromatic carbocycles. The van der Waals surface area contributed by atoms with Crippen LogP contribution in [0.15, 0.2) is 27.1 Å². The molecule has 1 atom stereocenters. The molecule has 0 aliphatic carbocycles. The molecule has 0 saturated heterocycles. The number of nitrogens with one attached hydrogen (secondary N) is 1. The van der Waals surface area contributed by atoms with Crippen molar-refractivity contribution in [1.29, 1.82) is 0 Å². The van der Waals surface area contributed by atoms with E-state index in [-0.39, 0.29) is 12.5 Å². The van der Waals surface area contributed by atoms with Gasteiger partial charge in [0, 0.05) is 21.4 Å². The second-order valence-electron chi connectivity index (χ2n) is 3.93. The summed E-state index contributed by atoms with van der Waals surface area (Å²) >= 11 is 6.66. The highest BCUT2D eigenvalue weighted by molar-refractivity contribution is 9.11. The van der Waals surface area contributed by atoms with Crippen LogP contribution in [-0.2, 0) is 0 Å². The van der Waals surface area contributed by atoms with Crippen molar-refractivity contribution in [1.82, 2.24) is 5.43 Å². The molecule has 0 aromatic heterocycles. The monoisotopic (exact) mass is 388 g/mol. The number of hydrazine groups is 1. The minimum atomic E-state index is -4.11. The Kier molecular flexibility index (Phi) is 6.10. The van der Waals surface area contributed by atoms with E-state index in [1.165, 1.54) is 0 Å². The fraction of sp³-hybridized carbons (Fsp3) is 0.455. The molecule has 102 valence electrons. The molecule has 0 fully saturated rings. The van der Waals surface area contributed by atoms with Crippen LogP contribution in [0, 0.1) is 0 Å². The number of nitrogens with two attached hydrogens (primary N) is 1. The molecule has 2 nitrogen and oxygen atoms in total. The molecule has 1 unspecified atom stereocenters. The number of hydrogen-bond acceptors (Lipinski definition) is 2. The van der Waals surface area contributed by atoms with Gasteiger partial charge in [-0.05, 0) is 36.6 Å². The largest absolute Gasteiger partial charge is 0.389 e. The van der Waals surface area contributed by atoms with Crippen LogP contribution in [0.1, 0.15) is 30.9 Å². The second-order valence-corrected chi connectivity index (χ2v) is 5.76. The molecule has 0 amide bonds. The van der Waals surface area contributed by atoms with Crippen LogP contribution in [0.2, 0.25) is 0 Å². The number of hydrogen-bond donors (Lipinski definition) is 2. The van der Waals surface area contributed by atoms with E-state index in [4.69, 9.17) is 5.84 Å². The summed E-state index contributed by atoms with van der Waals surface area (Å²) < 4.78 is 37.9. The SMILES string of the molecule is NNC(CCCC(F)(F)F)c1cc(Br)cc(Br)c1. The highest BCUT2D eigenvalue weighted by Crippen LogP contribution is 2.29. The van der Waals surface area contributed by atoms with Gasteiger partial charge in [0.2, 0.25) is 0 Å². The van der Waals surface area contributed by atoms with Crippen LogP contribution in [0.25, 0.3) is 0 Å². The Hall–Kier alpha value is -0.110. The molecule has 0 heterocycles. The maximum absolute atomic E-state index is 12.1. The first-order valence-corrected chi connectivity index (χ1v) is 6.89. The van der Waals surface area contributed by atoms with Gasteiger partial charge < -0.3 is 0 Å². The molecular weight excluding hydrogens is 377 g/mol. The fourth-order valence-electron chi connectivity index (χ4n) is 1.63. The number of halogens is 5. The molecule has 0 aliphatic rings. The van der Waals surface area contributed by atoms with E-state index in [0.29, 0.717) is 6.42 Å². The van der Waals surface area contributed by atoms with Gasteiger partial charge in [-0.1, -0.05) is 31.9 Å². The highest BCUT2D eigenvalue weighted by Gasteiger charge is 2.26. The lowest BCUT2D eigenvalue weighted by atomic mass is 10.0. The van der Waals surface area contributed by atoms with Crippen molar-refractivity contribution in [2.24, 2.45) is 5.84 Å². The van der Waals surface area contributed by atoms with Gasteiger partial charge in [0.25, 0.3) is 0 Å². The summed E-state index contributed by atoms with van der Waals surface area (Å²) in [6, 6.07) is 5.24. The smallest absolute Gasteiger partial charge is 0.271 e. The zero-order chi connectivity index (χ0) is 13.8. The third kappa shape index (κ3) is 5.69. The lowest BCUT2D eigenvalue weighted by Gasteiger charge is -2.17. The van der Waals surface area contributed by atoms with E-state index in [9.17, 15) is 13.2 Å². The highest BCUT2D eigenvalue weighted by atomic mass is 79.9. The number of rotatable bonds is 5. The zero-order valence-electron chi connectivity index (χ0n) is 9.40. The van der Waals surface area contributed by atoms with Crippen molar-refractivity contribution in [3.8, 4) is 0 Å². The van der Waals surface area contributed by atoms with Crippen LogP contribution in [0.3, 0.4) is 0 Å². The summed E-state index contributed by atoms with van der Waals surface area (Å²) in [7, 11) is 0. The van der Waals surface area contributed by atoms with E-state index in [1.807, 2.05) is 18.2 Å². The molecule has 3 N–H and O–H groups in total. The third-order valence-corrected chi connectivity index (χ3v) is 3.36. The Balaban J connectivity index is 2.65. The van der Waals surface area contributed by atoms with Crippen LogP contribution in [0.5, 0.6) is 0 Å². The fourth-order valence-corrected chi connectivity index (χ4v) is 2.96. The van der Waals surface area contributed by atoms with Crippen LogP contribution in [-0.4, -0.2) is 6.18 Å². The van der Waals surface area contributed by atoms with E-state index in [2.05, 4.69) is 37.3 Å². The van der Waals surface area contributed by atoms with Gasteiger partial charge in [-0.3, -0.25) is 11.3 Å². The quantitative estimate of drug-likeness (QED) is 0.576. The van der Waals surface area contributed by atoms with E-state index in [1.54, 1.807) is 0 Å². The number of benzene rings is 1. The normalized spacial score (nSPS) is 13.7. The predicted molar refractivity (Wildman–Crippen MR) is 71.8 cm³/mol. The summed E-state index contributed by atoms with van der Waals surface area (Å²) in [5, 5.41) is 0. The summed E-state index contributed by atoms with van der Waals surface area (Å²) in [5.74, 6) is 5.39. The second kappa shape index (κ2) is 6.88. The maximum atomic E-state index is 12.1. The Morgan fingerprint density at radius 3 is 2.17 bits per heavy atom. The average molecular weight is 390 g/mol. The molecule has 1 aromatic rings. The molecule has 7 heteroatoms. The van der Waals surface area contributed by atoms with Crippen LogP contribution in [0.4, 0.5) is 13.2 Å². The van der Waals surface area contributed by atoms with Crippen molar-refractivity contribution < 1.29 is 13.2 Å². The van der Waals surface area contributed by atoms with Crippen LogP contribution >= 0.6 is 31.9 Å². The Bertz CT molecular complexity index is 376. The summed E-state index contributed by atoms with van der Waals surface area (Å²) in [4.78, 5) is 0. The molecule has 0 aliphatic heterocycles. The first-order chi connectivity index (χ1) is 8.31. The predicted octanol–water partition coefficient (Wildman–Crippen LogP) is 4.45. The average Bonchev–Trinajstić information content (AvgIpc) is 2.21. The lowest BCUT2D eigenvalue weighted by Crippen LogP contribution is -2.28.